The van der Waals surface area contributed by atoms with Gasteiger partial charge in [0, 0.05) is 17.6 Å². The Bertz CT molecular complexity index is 1150. The van der Waals surface area contributed by atoms with Crippen molar-refractivity contribution in [2.75, 3.05) is 11.1 Å². The fourth-order valence-corrected chi connectivity index (χ4v) is 4.18. The molecule has 2 N–H and O–H groups in total. The summed E-state index contributed by atoms with van der Waals surface area (Å²) in [5, 5.41) is 25.4. The number of thioether (sulfide) groups is 2. The van der Waals surface area contributed by atoms with Crippen molar-refractivity contribution in [2.45, 2.75) is 15.9 Å². The molecule has 0 saturated heterocycles. The molecular formula is C21H18N6O2S2. The highest BCUT2D eigenvalue weighted by Gasteiger charge is 2.12. The Hall–Kier alpha value is -3.37. The summed E-state index contributed by atoms with van der Waals surface area (Å²) in [5.41, 5.74) is 2.53. The quantitative estimate of drug-likeness (QED) is 0.391. The molecule has 31 heavy (non-hydrogen) atoms. The van der Waals surface area contributed by atoms with Crippen molar-refractivity contribution in [1.29, 1.82) is 0 Å². The van der Waals surface area contributed by atoms with E-state index in [-0.39, 0.29) is 17.4 Å². The molecule has 2 aromatic carbocycles. The van der Waals surface area contributed by atoms with Crippen molar-refractivity contribution in [3.63, 3.8) is 0 Å². The Morgan fingerprint density at radius 2 is 1.90 bits per heavy atom. The molecule has 0 aliphatic rings. The molecule has 0 unspecified atom stereocenters. The molecular weight excluding hydrogens is 432 g/mol. The van der Waals surface area contributed by atoms with Crippen LogP contribution in [0.1, 0.15) is 5.56 Å². The third-order valence-electron chi connectivity index (χ3n) is 4.10. The van der Waals surface area contributed by atoms with Crippen LogP contribution in [0.25, 0.3) is 5.69 Å². The Kier molecular flexibility index (Phi) is 6.80. The first kappa shape index (κ1) is 20.9. The summed E-state index contributed by atoms with van der Waals surface area (Å²) < 4.78 is 1.52. The van der Waals surface area contributed by atoms with E-state index in [0.717, 1.165) is 22.0 Å². The molecule has 0 saturated carbocycles. The molecule has 2 aromatic heterocycles. The second kappa shape index (κ2) is 10.1. The first-order valence-corrected chi connectivity index (χ1v) is 11.3. The number of anilines is 1. The highest BCUT2D eigenvalue weighted by molar-refractivity contribution is 7.99. The normalized spacial score (nSPS) is 10.7. The number of pyridine rings is 1. The lowest BCUT2D eigenvalue weighted by molar-refractivity contribution is -0.113. The molecule has 0 bridgehead atoms. The Morgan fingerprint density at radius 3 is 2.71 bits per heavy atom. The van der Waals surface area contributed by atoms with Gasteiger partial charge in [0.1, 0.15) is 5.75 Å². The summed E-state index contributed by atoms with van der Waals surface area (Å²) >= 11 is 2.87. The van der Waals surface area contributed by atoms with Crippen LogP contribution >= 0.6 is 23.5 Å². The molecule has 0 atom stereocenters. The Labute approximate surface area is 187 Å². The fraction of sp³-hybridized carbons (Fsp3) is 0.0952. The molecule has 0 fully saturated rings. The van der Waals surface area contributed by atoms with Crippen LogP contribution in [-0.4, -0.2) is 42.0 Å². The number of aromatic hydroxyl groups is 1. The number of rotatable bonds is 8. The average Bonchev–Trinajstić information content (AvgIpc) is 3.26. The number of aromatic nitrogens is 5. The number of benzene rings is 2. The van der Waals surface area contributed by atoms with E-state index in [1.807, 2.05) is 42.5 Å². The number of carbonyl (C=O) groups is 1. The second-order valence-corrected chi connectivity index (χ2v) is 8.32. The number of nitrogens with one attached hydrogen (secondary N) is 1. The lowest BCUT2D eigenvalue weighted by atomic mass is 10.2. The third-order valence-corrected chi connectivity index (χ3v) is 6.04. The van der Waals surface area contributed by atoms with Gasteiger partial charge in [-0.15, -0.1) is 16.9 Å². The van der Waals surface area contributed by atoms with Gasteiger partial charge in [0.15, 0.2) is 0 Å². The minimum atomic E-state index is -0.153. The van der Waals surface area contributed by atoms with Crippen LogP contribution in [0.4, 0.5) is 5.69 Å². The molecule has 4 aromatic rings. The summed E-state index contributed by atoms with van der Waals surface area (Å²) in [7, 11) is 0. The molecule has 0 aliphatic carbocycles. The maximum absolute atomic E-state index is 12.4. The number of carbonyl (C=O) groups excluding carboxylic acids is 1. The van der Waals surface area contributed by atoms with Crippen molar-refractivity contribution >= 4 is 35.1 Å². The summed E-state index contributed by atoms with van der Waals surface area (Å²) in [6, 6.07) is 20.1. The van der Waals surface area contributed by atoms with Gasteiger partial charge in [-0.05, 0) is 64.5 Å². The minimum absolute atomic E-state index is 0.153. The van der Waals surface area contributed by atoms with Crippen LogP contribution in [-0.2, 0) is 10.5 Å². The van der Waals surface area contributed by atoms with E-state index in [1.54, 1.807) is 42.2 Å². The Balaban J connectivity index is 1.32. The molecule has 8 nitrogen and oxygen atoms in total. The van der Waals surface area contributed by atoms with Crippen LogP contribution in [0.5, 0.6) is 5.75 Å². The number of amides is 1. The van der Waals surface area contributed by atoms with Crippen LogP contribution in [0, 0.1) is 0 Å². The van der Waals surface area contributed by atoms with Gasteiger partial charge in [0.05, 0.1) is 16.5 Å². The summed E-state index contributed by atoms with van der Waals surface area (Å²) in [6.07, 6.45) is 1.77. The monoisotopic (exact) mass is 450 g/mol. The SMILES string of the molecule is O=C(CSc1nnnn1-c1ccc(O)cc1)Nc1cccc(CSc2ccccn2)c1. The van der Waals surface area contributed by atoms with Crippen molar-refractivity contribution in [3.05, 3.63) is 78.5 Å². The van der Waals surface area contributed by atoms with E-state index >= 15 is 0 Å². The van der Waals surface area contributed by atoms with Gasteiger partial charge in [0.2, 0.25) is 11.1 Å². The highest BCUT2D eigenvalue weighted by atomic mass is 32.2. The second-order valence-electron chi connectivity index (χ2n) is 6.38. The van der Waals surface area contributed by atoms with E-state index in [4.69, 9.17) is 0 Å². The van der Waals surface area contributed by atoms with Gasteiger partial charge < -0.3 is 10.4 Å². The van der Waals surface area contributed by atoms with E-state index < -0.39 is 0 Å². The van der Waals surface area contributed by atoms with Gasteiger partial charge in [0.25, 0.3) is 0 Å². The number of hydrogen-bond acceptors (Lipinski definition) is 8. The van der Waals surface area contributed by atoms with Crippen molar-refractivity contribution in [2.24, 2.45) is 0 Å². The van der Waals surface area contributed by atoms with Crippen molar-refractivity contribution < 1.29 is 9.90 Å². The zero-order chi connectivity index (χ0) is 21.5. The van der Waals surface area contributed by atoms with E-state index in [1.165, 1.54) is 16.4 Å². The third kappa shape index (κ3) is 5.83. The molecule has 0 spiro atoms. The standard InChI is InChI=1S/C21H18N6O2S2/c28-18-9-7-17(8-10-18)27-21(24-25-26-27)31-14-19(29)23-16-5-3-4-15(12-16)13-30-20-6-1-2-11-22-20/h1-12,28H,13-14H2,(H,23,29). The summed E-state index contributed by atoms with van der Waals surface area (Å²) in [4.78, 5) is 16.7. The van der Waals surface area contributed by atoms with Gasteiger partial charge in [-0.3, -0.25) is 4.79 Å². The van der Waals surface area contributed by atoms with Crippen molar-refractivity contribution in [1.82, 2.24) is 25.2 Å². The summed E-state index contributed by atoms with van der Waals surface area (Å²) in [5.74, 6) is 0.924. The van der Waals surface area contributed by atoms with Crippen molar-refractivity contribution in [3.8, 4) is 11.4 Å². The summed E-state index contributed by atoms with van der Waals surface area (Å²) in [6.45, 7) is 0. The molecule has 10 heteroatoms. The molecule has 2 heterocycles. The maximum Gasteiger partial charge on any atom is 0.234 e. The molecule has 156 valence electrons. The first-order chi connectivity index (χ1) is 15.2. The average molecular weight is 451 g/mol. The number of hydrogen-bond donors (Lipinski definition) is 2. The maximum atomic E-state index is 12.4. The van der Waals surface area contributed by atoms with E-state index in [0.29, 0.717) is 10.8 Å². The zero-order valence-corrected chi connectivity index (χ0v) is 17.9. The minimum Gasteiger partial charge on any atom is -0.508 e. The predicted octanol–water partition coefficient (Wildman–Crippen LogP) is 3.79. The molecule has 4 rings (SSSR count). The first-order valence-electron chi connectivity index (χ1n) is 9.30. The smallest absolute Gasteiger partial charge is 0.234 e. The van der Waals surface area contributed by atoms with Gasteiger partial charge in [-0.1, -0.05) is 30.0 Å². The van der Waals surface area contributed by atoms with Crippen LogP contribution in [0.3, 0.4) is 0 Å². The molecule has 0 aliphatic heterocycles. The topological polar surface area (TPSA) is 106 Å². The van der Waals surface area contributed by atoms with Crippen LogP contribution < -0.4 is 5.32 Å². The predicted molar refractivity (Wildman–Crippen MR) is 120 cm³/mol. The molecule has 1 amide bonds. The Morgan fingerprint density at radius 1 is 1.03 bits per heavy atom. The number of phenolic OH excluding ortho intramolecular Hbond substituents is 1. The van der Waals surface area contributed by atoms with Gasteiger partial charge in [-0.2, -0.15) is 4.68 Å². The number of phenols is 1. The van der Waals surface area contributed by atoms with Gasteiger partial charge in [-0.25, -0.2) is 4.98 Å². The van der Waals surface area contributed by atoms with Gasteiger partial charge >= 0.3 is 0 Å². The number of nitrogens with zero attached hydrogens (tertiary/aromatic N) is 5. The lowest BCUT2D eigenvalue weighted by Crippen LogP contribution is -2.14. The largest absolute Gasteiger partial charge is 0.508 e. The van der Waals surface area contributed by atoms with E-state index in [9.17, 15) is 9.90 Å². The number of tetrazole rings is 1. The van der Waals surface area contributed by atoms with E-state index in [2.05, 4.69) is 25.8 Å². The lowest BCUT2D eigenvalue weighted by Gasteiger charge is -2.08. The fourth-order valence-electron chi connectivity index (χ4n) is 2.68. The highest BCUT2D eigenvalue weighted by Crippen LogP contribution is 2.23. The van der Waals surface area contributed by atoms with Crippen LogP contribution in [0.2, 0.25) is 0 Å². The van der Waals surface area contributed by atoms with Crippen LogP contribution in [0.15, 0.2) is 83.1 Å². The zero-order valence-electron chi connectivity index (χ0n) is 16.3. The molecule has 0 radical (unpaired) electrons.